The number of rotatable bonds is 7. The molecule has 0 bridgehead atoms. The van der Waals surface area contributed by atoms with E-state index in [0.717, 1.165) is 0 Å². The zero-order valence-electron chi connectivity index (χ0n) is 13.3. The number of halogens is 1. The van der Waals surface area contributed by atoms with Crippen LogP contribution in [0.3, 0.4) is 0 Å². The minimum absolute atomic E-state index is 0.153. The molecule has 0 spiro atoms. The molecule has 0 saturated heterocycles. The predicted molar refractivity (Wildman–Crippen MR) is 89.7 cm³/mol. The largest absolute Gasteiger partial charge is 0.391 e. The molecule has 1 aromatic carbocycles. The Kier molecular flexibility index (Phi) is 6.24. The summed E-state index contributed by atoms with van der Waals surface area (Å²) in [4.78, 5) is 16.3. The maximum absolute atomic E-state index is 13.2. The number of thiazole rings is 1. The summed E-state index contributed by atoms with van der Waals surface area (Å²) in [5.74, 6) is -0.102. The van der Waals surface area contributed by atoms with Crippen molar-refractivity contribution >= 4 is 17.2 Å². The maximum Gasteiger partial charge on any atom is 0.226 e. The van der Waals surface area contributed by atoms with Crippen LogP contribution in [0.25, 0.3) is 10.6 Å². The van der Waals surface area contributed by atoms with Crippen LogP contribution in [0.15, 0.2) is 29.6 Å². The van der Waals surface area contributed by atoms with Gasteiger partial charge in [0, 0.05) is 17.5 Å². The number of carbonyl (C=O) groups excluding carboxylic acids is 1. The molecule has 2 aromatic rings. The molecule has 6 heteroatoms. The van der Waals surface area contributed by atoms with Gasteiger partial charge in [0.25, 0.3) is 0 Å². The van der Waals surface area contributed by atoms with E-state index in [1.807, 2.05) is 13.8 Å². The summed E-state index contributed by atoms with van der Waals surface area (Å²) in [6.07, 6.45) is 0.276. The summed E-state index contributed by atoms with van der Waals surface area (Å²) >= 11 is 1.38. The van der Waals surface area contributed by atoms with Crippen molar-refractivity contribution in [2.45, 2.75) is 32.8 Å². The molecule has 0 fully saturated rings. The number of nitrogens with one attached hydrogen (secondary N) is 1. The van der Waals surface area contributed by atoms with Crippen molar-refractivity contribution in [3.8, 4) is 10.6 Å². The Morgan fingerprint density at radius 2 is 2.22 bits per heavy atom. The van der Waals surface area contributed by atoms with E-state index in [0.29, 0.717) is 28.6 Å². The Labute approximate surface area is 139 Å². The monoisotopic (exact) mass is 336 g/mol. The fourth-order valence-corrected chi connectivity index (χ4v) is 3.05. The lowest BCUT2D eigenvalue weighted by molar-refractivity contribution is -0.121. The van der Waals surface area contributed by atoms with E-state index in [2.05, 4.69) is 10.3 Å². The summed E-state index contributed by atoms with van der Waals surface area (Å²) in [5.41, 5.74) is 1.35. The second-order valence-corrected chi connectivity index (χ2v) is 6.78. The van der Waals surface area contributed by atoms with Crippen LogP contribution in [-0.4, -0.2) is 28.6 Å². The zero-order chi connectivity index (χ0) is 16.8. The first-order chi connectivity index (χ1) is 10.9. The molecule has 1 atom stereocenters. The standard InChI is InChI=1S/C17H21FN2O2S/c1-11(2)6-15(21)9-19-16(22)8-14-10-23-17(20-14)12-4-3-5-13(18)7-12/h3-5,7,10-11,15,21H,6,8-9H2,1-2H3,(H,19,22). The summed E-state index contributed by atoms with van der Waals surface area (Å²) in [7, 11) is 0. The first kappa shape index (κ1) is 17.6. The highest BCUT2D eigenvalue weighted by molar-refractivity contribution is 7.13. The van der Waals surface area contributed by atoms with Gasteiger partial charge in [-0.1, -0.05) is 26.0 Å². The second kappa shape index (κ2) is 8.17. The van der Waals surface area contributed by atoms with Gasteiger partial charge in [0.15, 0.2) is 0 Å². The molecule has 1 amide bonds. The van der Waals surface area contributed by atoms with Crippen LogP contribution in [0.4, 0.5) is 4.39 Å². The quantitative estimate of drug-likeness (QED) is 0.817. The van der Waals surface area contributed by atoms with E-state index in [9.17, 15) is 14.3 Å². The van der Waals surface area contributed by atoms with Gasteiger partial charge in [0.1, 0.15) is 10.8 Å². The third-order valence-electron chi connectivity index (χ3n) is 3.24. The van der Waals surface area contributed by atoms with E-state index in [4.69, 9.17) is 0 Å². The van der Waals surface area contributed by atoms with Gasteiger partial charge in [-0.2, -0.15) is 0 Å². The molecule has 0 aliphatic heterocycles. The van der Waals surface area contributed by atoms with Crippen LogP contribution in [0.2, 0.25) is 0 Å². The topological polar surface area (TPSA) is 62.2 Å². The van der Waals surface area contributed by atoms with Gasteiger partial charge in [-0.15, -0.1) is 11.3 Å². The van der Waals surface area contributed by atoms with Crippen molar-refractivity contribution in [2.24, 2.45) is 5.92 Å². The molecule has 23 heavy (non-hydrogen) atoms. The number of aromatic nitrogens is 1. The molecule has 2 N–H and O–H groups in total. The average Bonchev–Trinajstić information content (AvgIpc) is 2.93. The Morgan fingerprint density at radius 1 is 1.43 bits per heavy atom. The number of aliphatic hydroxyl groups excluding tert-OH is 1. The molecular formula is C17H21FN2O2S. The van der Waals surface area contributed by atoms with Crippen molar-refractivity contribution in [1.82, 2.24) is 10.3 Å². The number of carbonyl (C=O) groups is 1. The summed E-state index contributed by atoms with van der Waals surface area (Å²) < 4.78 is 13.2. The highest BCUT2D eigenvalue weighted by atomic mass is 32.1. The molecule has 4 nitrogen and oxygen atoms in total. The molecular weight excluding hydrogens is 315 g/mol. The fraction of sp³-hybridized carbons (Fsp3) is 0.412. The van der Waals surface area contributed by atoms with Crippen LogP contribution >= 0.6 is 11.3 Å². The summed E-state index contributed by atoms with van der Waals surface area (Å²) in [6, 6.07) is 6.22. The van der Waals surface area contributed by atoms with E-state index in [1.165, 1.54) is 23.5 Å². The number of amides is 1. The van der Waals surface area contributed by atoms with E-state index < -0.39 is 6.10 Å². The normalized spacial score (nSPS) is 12.4. The van der Waals surface area contributed by atoms with Crippen LogP contribution in [0.1, 0.15) is 26.0 Å². The van der Waals surface area contributed by atoms with Crippen LogP contribution < -0.4 is 5.32 Å². The van der Waals surface area contributed by atoms with Crippen LogP contribution in [0.5, 0.6) is 0 Å². The highest BCUT2D eigenvalue weighted by Crippen LogP contribution is 2.24. The minimum atomic E-state index is -0.530. The van der Waals surface area contributed by atoms with Crippen molar-refractivity contribution in [1.29, 1.82) is 0 Å². The number of aliphatic hydroxyl groups is 1. The summed E-state index contributed by atoms with van der Waals surface area (Å²) in [5, 5.41) is 14.9. The van der Waals surface area contributed by atoms with Gasteiger partial charge in [0.05, 0.1) is 18.2 Å². The summed E-state index contributed by atoms with van der Waals surface area (Å²) in [6.45, 7) is 4.29. The Balaban J connectivity index is 1.88. The van der Waals surface area contributed by atoms with Gasteiger partial charge in [-0.25, -0.2) is 9.37 Å². The first-order valence-corrected chi connectivity index (χ1v) is 8.47. The van der Waals surface area contributed by atoms with Crippen LogP contribution in [-0.2, 0) is 11.2 Å². The van der Waals surface area contributed by atoms with Gasteiger partial charge in [-0.05, 0) is 24.5 Å². The number of hydrogen-bond donors (Lipinski definition) is 2. The highest BCUT2D eigenvalue weighted by Gasteiger charge is 2.12. The van der Waals surface area contributed by atoms with Crippen molar-refractivity contribution in [3.63, 3.8) is 0 Å². The molecule has 1 heterocycles. The molecule has 0 aliphatic rings. The maximum atomic E-state index is 13.2. The predicted octanol–water partition coefficient (Wildman–Crippen LogP) is 3.01. The SMILES string of the molecule is CC(C)CC(O)CNC(=O)Cc1csc(-c2cccc(F)c2)n1. The molecule has 124 valence electrons. The molecule has 0 aliphatic carbocycles. The smallest absolute Gasteiger partial charge is 0.226 e. The Bertz CT molecular complexity index is 658. The molecule has 0 radical (unpaired) electrons. The van der Waals surface area contributed by atoms with Crippen molar-refractivity contribution in [3.05, 3.63) is 41.2 Å². The fourth-order valence-electron chi connectivity index (χ4n) is 2.23. The van der Waals surface area contributed by atoms with Crippen molar-refractivity contribution < 1.29 is 14.3 Å². The zero-order valence-corrected chi connectivity index (χ0v) is 14.1. The van der Waals surface area contributed by atoms with Crippen LogP contribution in [0, 0.1) is 11.7 Å². The lowest BCUT2D eigenvalue weighted by atomic mass is 10.1. The van der Waals surface area contributed by atoms with Gasteiger partial charge in [-0.3, -0.25) is 4.79 Å². The third-order valence-corrected chi connectivity index (χ3v) is 4.18. The lowest BCUT2D eigenvalue weighted by Gasteiger charge is -2.13. The number of hydrogen-bond acceptors (Lipinski definition) is 4. The average molecular weight is 336 g/mol. The van der Waals surface area contributed by atoms with E-state index >= 15 is 0 Å². The second-order valence-electron chi connectivity index (χ2n) is 5.92. The molecule has 1 aromatic heterocycles. The van der Waals surface area contributed by atoms with Gasteiger partial charge >= 0.3 is 0 Å². The molecule has 2 rings (SSSR count). The van der Waals surface area contributed by atoms with Crippen molar-refractivity contribution in [2.75, 3.05) is 6.54 Å². The van der Waals surface area contributed by atoms with E-state index in [1.54, 1.807) is 17.5 Å². The lowest BCUT2D eigenvalue weighted by Crippen LogP contribution is -2.33. The number of benzene rings is 1. The number of nitrogens with zero attached hydrogens (tertiary/aromatic N) is 1. The van der Waals surface area contributed by atoms with E-state index in [-0.39, 0.29) is 24.7 Å². The Hall–Kier alpha value is -1.79. The first-order valence-electron chi connectivity index (χ1n) is 7.59. The van der Waals surface area contributed by atoms with Gasteiger partial charge in [0.2, 0.25) is 5.91 Å². The molecule has 0 saturated carbocycles. The molecule has 1 unspecified atom stereocenters. The third kappa shape index (κ3) is 5.73. The minimum Gasteiger partial charge on any atom is -0.391 e. The van der Waals surface area contributed by atoms with Gasteiger partial charge < -0.3 is 10.4 Å². The Morgan fingerprint density at radius 3 is 2.91 bits per heavy atom.